The predicted molar refractivity (Wildman–Crippen MR) is 83.6 cm³/mol. The number of rotatable bonds is 1. The van der Waals surface area contributed by atoms with E-state index in [1.807, 2.05) is 90.1 Å². The van der Waals surface area contributed by atoms with Crippen LogP contribution in [0.1, 0.15) is 41.5 Å². The molecule has 0 unspecified atom stereocenters. The number of hydrogen-bond donors (Lipinski definition) is 0. The second-order valence-electron chi connectivity index (χ2n) is 2.55. The van der Waals surface area contributed by atoms with E-state index >= 15 is 0 Å². The monoisotopic (exact) mass is 610 g/mol. The van der Waals surface area contributed by atoms with Crippen LogP contribution in [0.25, 0.3) is 11.1 Å². The Morgan fingerprint density at radius 2 is 0.900 bits per heavy atom. The van der Waals surface area contributed by atoms with E-state index in [0.717, 1.165) is 11.1 Å². The molecule has 20 heavy (non-hydrogen) atoms. The van der Waals surface area contributed by atoms with Gasteiger partial charge >= 0.3 is 21.1 Å². The molecular formula is C18H26W2. The summed E-state index contributed by atoms with van der Waals surface area (Å²) in [5, 5.41) is 0. The minimum Gasteiger partial charge on any atom is -0.226 e. The Kier molecular flexibility index (Phi) is 33.5. The van der Waals surface area contributed by atoms with Crippen molar-refractivity contribution in [3.63, 3.8) is 0 Å². The summed E-state index contributed by atoms with van der Waals surface area (Å²) in [4.78, 5) is 0. The molecule has 0 spiro atoms. The molecule has 0 radical (unpaired) electrons. The molecule has 0 saturated heterocycles. The molecule has 110 valence electrons. The van der Waals surface area contributed by atoms with Gasteiger partial charge in [0.25, 0.3) is 0 Å². The molecule has 0 saturated carbocycles. The third-order valence-corrected chi connectivity index (χ3v) is 1.71. The maximum atomic E-state index is 3.15. The van der Waals surface area contributed by atoms with Crippen LogP contribution in [0.2, 0.25) is 0 Å². The Morgan fingerprint density at radius 3 is 1.10 bits per heavy atom. The first-order valence-corrected chi connectivity index (χ1v) is 6.90. The van der Waals surface area contributed by atoms with Gasteiger partial charge in [0.1, 0.15) is 0 Å². The van der Waals surface area contributed by atoms with Gasteiger partial charge in [0.15, 0.2) is 0 Å². The third kappa shape index (κ3) is 12.8. The summed E-state index contributed by atoms with van der Waals surface area (Å²) in [6, 6.07) is 22.1. The van der Waals surface area contributed by atoms with Crippen LogP contribution in [0.15, 0.2) is 48.5 Å². The zero-order chi connectivity index (χ0) is 14.2. The van der Waals surface area contributed by atoms with Gasteiger partial charge in [-0.15, -0.1) is 12.1 Å². The Morgan fingerprint density at radius 1 is 0.600 bits per heavy atom. The van der Waals surface area contributed by atoms with Crippen molar-refractivity contribution >= 4 is 0 Å². The zero-order valence-electron chi connectivity index (χ0n) is 13.4. The second-order valence-corrected chi connectivity index (χ2v) is 2.55. The second kappa shape index (κ2) is 23.9. The van der Waals surface area contributed by atoms with Crippen molar-refractivity contribution in [1.82, 2.24) is 0 Å². The van der Waals surface area contributed by atoms with Crippen LogP contribution in [0.4, 0.5) is 0 Å². The molecule has 0 amide bonds. The standard InChI is InChI=1S/C12H8.3C2H6.2W/c1-3-7-11(8-4-1)12-9-5-2-6-10-12;3*1-2;;/h1-7,9H;3*1-2H3;;/q-2;;;;;+2. The molecule has 0 aliphatic heterocycles. The fourth-order valence-electron chi connectivity index (χ4n) is 1.12. The summed E-state index contributed by atoms with van der Waals surface area (Å²) in [6.45, 7) is 12.0. The summed E-state index contributed by atoms with van der Waals surface area (Å²) in [6.07, 6.45) is 0. The van der Waals surface area contributed by atoms with Crippen molar-refractivity contribution in [2.45, 2.75) is 41.5 Å². The van der Waals surface area contributed by atoms with E-state index in [9.17, 15) is 0 Å². The topological polar surface area (TPSA) is 0 Å². The van der Waals surface area contributed by atoms with Crippen LogP contribution in [0, 0.1) is 12.1 Å². The average molecular weight is 610 g/mol. The number of hydrogen-bond acceptors (Lipinski definition) is 0. The molecular weight excluding hydrogens is 584 g/mol. The summed E-state index contributed by atoms with van der Waals surface area (Å²) in [5.41, 5.74) is 2.19. The molecule has 0 heterocycles. The van der Waals surface area contributed by atoms with Gasteiger partial charge in [-0.05, 0) is 0 Å². The van der Waals surface area contributed by atoms with Gasteiger partial charge in [-0.3, -0.25) is 0 Å². The van der Waals surface area contributed by atoms with E-state index in [1.165, 1.54) is 0 Å². The fraction of sp³-hybridized carbons (Fsp3) is 0.333. The molecule has 0 fully saturated rings. The first kappa shape index (κ1) is 28.0. The first-order chi connectivity index (χ1) is 8.97. The summed E-state index contributed by atoms with van der Waals surface area (Å²) in [5.74, 6) is 0. The molecule has 0 bridgehead atoms. The van der Waals surface area contributed by atoms with Gasteiger partial charge in [-0.1, -0.05) is 41.5 Å². The largest absolute Gasteiger partial charge is 2.00 e. The SMILES string of the molecule is CC.CC.CC.[W+2].[W].[c-]1ccccc1-c1[c-]cccc1. The zero-order valence-corrected chi connectivity index (χ0v) is 19.3. The fourth-order valence-corrected chi connectivity index (χ4v) is 1.12. The van der Waals surface area contributed by atoms with Gasteiger partial charge in [0.2, 0.25) is 0 Å². The van der Waals surface area contributed by atoms with Gasteiger partial charge in [-0.2, -0.15) is 48.5 Å². The number of benzene rings is 2. The molecule has 2 aromatic rings. The van der Waals surface area contributed by atoms with Crippen molar-refractivity contribution in [3.05, 3.63) is 60.7 Å². The Hall–Kier alpha value is -0.183. The van der Waals surface area contributed by atoms with E-state index in [2.05, 4.69) is 12.1 Å². The molecule has 2 heteroatoms. The molecule has 0 N–H and O–H groups in total. The van der Waals surface area contributed by atoms with E-state index in [0.29, 0.717) is 0 Å². The molecule has 2 rings (SSSR count). The third-order valence-electron chi connectivity index (χ3n) is 1.71. The van der Waals surface area contributed by atoms with Crippen molar-refractivity contribution in [1.29, 1.82) is 0 Å². The first-order valence-electron chi connectivity index (χ1n) is 6.90. The van der Waals surface area contributed by atoms with Crippen molar-refractivity contribution < 1.29 is 42.1 Å². The quantitative estimate of drug-likeness (QED) is 0.347. The minimum atomic E-state index is 0. The molecule has 0 atom stereocenters. The Balaban J connectivity index is -0.000000143. The average Bonchev–Trinajstić information content (AvgIpc) is 2.55. The van der Waals surface area contributed by atoms with Crippen LogP contribution < -0.4 is 0 Å². The molecule has 0 aliphatic rings. The normalized spacial score (nSPS) is 6.70. The van der Waals surface area contributed by atoms with E-state index in [4.69, 9.17) is 0 Å². The molecule has 0 nitrogen and oxygen atoms in total. The van der Waals surface area contributed by atoms with E-state index in [-0.39, 0.29) is 42.1 Å². The predicted octanol–water partition coefficient (Wildman–Crippen LogP) is 6.03. The summed E-state index contributed by atoms with van der Waals surface area (Å²) < 4.78 is 0. The van der Waals surface area contributed by atoms with E-state index < -0.39 is 0 Å². The van der Waals surface area contributed by atoms with Crippen LogP contribution in [-0.4, -0.2) is 0 Å². The van der Waals surface area contributed by atoms with Gasteiger partial charge in [0.05, 0.1) is 0 Å². The van der Waals surface area contributed by atoms with Crippen molar-refractivity contribution in [2.75, 3.05) is 0 Å². The van der Waals surface area contributed by atoms with Crippen molar-refractivity contribution in [3.8, 4) is 11.1 Å². The maximum absolute atomic E-state index is 3.15. The van der Waals surface area contributed by atoms with Crippen molar-refractivity contribution in [2.24, 2.45) is 0 Å². The maximum Gasteiger partial charge on any atom is 2.00 e. The van der Waals surface area contributed by atoms with Crippen LogP contribution in [0.3, 0.4) is 0 Å². The van der Waals surface area contributed by atoms with Gasteiger partial charge < -0.3 is 0 Å². The Bertz CT molecular complexity index is 307. The molecule has 0 aromatic heterocycles. The summed E-state index contributed by atoms with van der Waals surface area (Å²) >= 11 is 0. The molecule has 0 aliphatic carbocycles. The summed E-state index contributed by atoms with van der Waals surface area (Å²) in [7, 11) is 0. The molecule has 2 aromatic carbocycles. The Labute approximate surface area is 154 Å². The van der Waals surface area contributed by atoms with E-state index in [1.54, 1.807) is 0 Å². The van der Waals surface area contributed by atoms with Crippen LogP contribution >= 0.6 is 0 Å². The van der Waals surface area contributed by atoms with Crippen LogP contribution in [0.5, 0.6) is 0 Å². The van der Waals surface area contributed by atoms with Gasteiger partial charge in [0, 0.05) is 21.1 Å². The van der Waals surface area contributed by atoms with Crippen LogP contribution in [-0.2, 0) is 42.1 Å². The van der Waals surface area contributed by atoms with Gasteiger partial charge in [-0.25, -0.2) is 11.1 Å². The minimum absolute atomic E-state index is 0. The smallest absolute Gasteiger partial charge is 0.226 e.